The maximum Gasteiger partial charge on any atom is 0.272 e. The Morgan fingerprint density at radius 3 is 2.55 bits per heavy atom. The first-order valence-corrected chi connectivity index (χ1v) is 7.83. The van der Waals surface area contributed by atoms with E-state index in [1.54, 1.807) is 23.1 Å². The van der Waals surface area contributed by atoms with Crippen molar-refractivity contribution in [3.8, 4) is 0 Å². The van der Waals surface area contributed by atoms with Gasteiger partial charge in [-0.05, 0) is 26.0 Å². The van der Waals surface area contributed by atoms with Gasteiger partial charge in [-0.1, -0.05) is 18.2 Å². The smallest absolute Gasteiger partial charge is 0.272 e. The number of hydrogen-bond donors (Lipinski definition) is 0. The average Bonchev–Trinajstić information content (AvgIpc) is 2.45. The third kappa shape index (κ3) is 4.85. The molecule has 0 saturated heterocycles. The van der Waals surface area contributed by atoms with E-state index in [-0.39, 0.29) is 16.5 Å². The molecule has 0 unspecified atom stereocenters. The van der Waals surface area contributed by atoms with Crippen LogP contribution in [0, 0.1) is 10.1 Å². The van der Waals surface area contributed by atoms with Gasteiger partial charge in [0.25, 0.3) is 5.69 Å². The number of rotatable bonds is 8. The summed E-state index contributed by atoms with van der Waals surface area (Å²) in [5.41, 5.74) is 0.878. The van der Waals surface area contributed by atoms with E-state index < -0.39 is 0 Å². The molecular formula is C14H20N2O3S. The minimum atomic E-state index is -0.360. The van der Waals surface area contributed by atoms with Crippen LogP contribution in [0.3, 0.4) is 0 Å². The van der Waals surface area contributed by atoms with Crippen LogP contribution in [0.2, 0.25) is 0 Å². The third-order valence-corrected chi connectivity index (χ3v) is 3.99. The molecule has 6 heteroatoms. The van der Waals surface area contributed by atoms with Crippen molar-refractivity contribution in [2.24, 2.45) is 0 Å². The normalized spacial score (nSPS) is 10.3. The molecule has 0 heterocycles. The highest BCUT2D eigenvalue weighted by molar-refractivity contribution is 7.99. The predicted molar refractivity (Wildman–Crippen MR) is 82.1 cm³/mol. The molecular weight excluding hydrogens is 276 g/mol. The number of carbonyl (C=O) groups excluding carboxylic acids is 1. The van der Waals surface area contributed by atoms with Crippen molar-refractivity contribution in [3.63, 3.8) is 0 Å². The SMILES string of the molecule is CCN(CC)C(=O)CSCCc1ccccc1[N+](=O)[O-]. The molecule has 0 saturated carbocycles. The lowest BCUT2D eigenvalue weighted by molar-refractivity contribution is -0.385. The molecule has 110 valence electrons. The van der Waals surface area contributed by atoms with Gasteiger partial charge in [0.05, 0.1) is 10.7 Å². The van der Waals surface area contributed by atoms with E-state index >= 15 is 0 Å². The van der Waals surface area contributed by atoms with Crippen LogP contribution < -0.4 is 0 Å². The Kier molecular flexibility index (Phi) is 7.08. The number of benzene rings is 1. The lowest BCUT2D eigenvalue weighted by Crippen LogP contribution is -2.32. The number of hydrogen-bond acceptors (Lipinski definition) is 4. The molecule has 1 aromatic carbocycles. The Balaban J connectivity index is 2.42. The van der Waals surface area contributed by atoms with E-state index in [4.69, 9.17) is 0 Å². The fourth-order valence-corrected chi connectivity index (χ4v) is 2.78. The van der Waals surface area contributed by atoms with Crippen LogP contribution in [0.15, 0.2) is 24.3 Å². The molecule has 20 heavy (non-hydrogen) atoms. The van der Waals surface area contributed by atoms with Gasteiger partial charge >= 0.3 is 0 Å². The highest BCUT2D eigenvalue weighted by Gasteiger charge is 2.13. The molecule has 0 aliphatic heterocycles. The second kappa shape index (κ2) is 8.58. The second-order valence-electron chi connectivity index (χ2n) is 4.25. The quantitative estimate of drug-likeness (QED) is 0.420. The molecule has 5 nitrogen and oxygen atoms in total. The van der Waals surface area contributed by atoms with E-state index in [9.17, 15) is 14.9 Å². The zero-order chi connectivity index (χ0) is 15.0. The van der Waals surface area contributed by atoms with Gasteiger partial charge in [0.2, 0.25) is 5.91 Å². The summed E-state index contributed by atoms with van der Waals surface area (Å²) in [6.45, 7) is 5.36. The third-order valence-electron chi connectivity index (χ3n) is 3.05. The van der Waals surface area contributed by atoms with Gasteiger partial charge in [0.15, 0.2) is 0 Å². The fourth-order valence-electron chi connectivity index (χ4n) is 1.91. The molecule has 0 bridgehead atoms. The van der Waals surface area contributed by atoms with Crippen molar-refractivity contribution < 1.29 is 9.72 Å². The molecule has 0 aromatic heterocycles. The number of amides is 1. The Labute approximate surface area is 123 Å². The minimum Gasteiger partial charge on any atom is -0.343 e. The van der Waals surface area contributed by atoms with E-state index in [0.29, 0.717) is 17.9 Å². The average molecular weight is 296 g/mol. The number of aryl methyl sites for hydroxylation is 1. The lowest BCUT2D eigenvalue weighted by atomic mass is 10.1. The van der Waals surface area contributed by atoms with Crippen LogP contribution >= 0.6 is 11.8 Å². The largest absolute Gasteiger partial charge is 0.343 e. The molecule has 0 spiro atoms. The predicted octanol–water partition coefficient (Wildman–Crippen LogP) is 2.74. The van der Waals surface area contributed by atoms with Crippen molar-refractivity contribution in [3.05, 3.63) is 39.9 Å². The number of para-hydroxylation sites is 1. The van der Waals surface area contributed by atoms with Crippen molar-refractivity contribution in [1.29, 1.82) is 0 Å². The molecule has 0 radical (unpaired) electrons. The molecule has 0 aliphatic carbocycles. The van der Waals surface area contributed by atoms with Crippen LogP contribution in [0.4, 0.5) is 5.69 Å². The van der Waals surface area contributed by atoms with Crippen LogP contribution in [-0.4, -0.2) is 40.3 Å². The molecule has 1 aromatic rings. The van der Waals surface area contributed by atoms with Crippen molar-refractivity contribution >= 4 is 23.4 Å². The number of thioether (sulfide) groups is 1. The minimum absolute atomic E-state index is 0.127. The Hall–Kier alpha value is -1.56. The van der Waals surface area contributed by atoms with E-state index in [0.717, 1.165) is 18.7 Å². The molecule has 0 N–H and O–H groups in total. The summed E-state index contributed by atoms with van der Waals surface area (Å²) in [5, 5.41) is 10.9. The summed E-state index contributed by atoms with van der Waals surface area (Å²) in [6, 6.07) is 6.75. The maximum atomic E-state index is 11.8. The molecule has 0 aliphatic rings. The Morgan fingerprint density at radius 2 is 1.95 bits per heavy atom. The fraction of sp³-hybridized carbons (Fsp3) is 0.500. The first kappa shape index (κ1) is 16.5. The van der Waals surface area contributed by atoms with Gasteiger partial charge in [-0.15, -0.1) is 0 Å². The van der Waals surface area contributed by atoms with Gasteiger partial charge in [-0.25, -0.2) is 0 Å². The first-order valence-electron chi connectivity index (χ1n) is 6.67. The number of nitro benzene ring substituents is 1. The lowest BCUT2D eigenvalue weighted by Gasteiger charge is -2.18. The highest BCUT2D eigenvalue weighted by atomic mass is 32.2. The Bertz CT molecular complexity index is 461. The van der Waals surface area contributed by atoms with Crippen molar-refractivity contribution in [2.45, 2.75) is 20.3 Å². The monoisotopic (exact) mass is 296 g/mol. The van der Waals surface area contributed by atoms with Crippen LogP contribution in [0.25, 0.3) is 0 Å². The van der Waals surface area contributed by atoms with Crippen LogP contribution in [-0.2, 0) is 11.2 Å². The second-order valence-corrected chi connectivity index (χ2v) is 5.36. The van der Waals surface area contributed by atoms with Gasteiger partial charge in [-0.2, -0.15) is 11.8 Å². The number of carbonyl (C=O) groups is 1. The van der Waals surface area contributed by atoms with Gasteiger partial charge in [0, 0.05) is 24.7 Å². The standard InChI is InChI=1S/C14H20N2O3S/c1-3-15(4-2)14(17)11-20-10-9-12-7-5-6-8-13(12)16(18)19/h5-8H,3-4,9-11H2,1-2H3. The van der Waals surface area contributed by atoms with E-state index in [1.165, 1.54) is 17.8 Å². The van der Waals surface area contributed by atoms with E-state index in [1.807, 2.05) is 13.8 Å². The summed E-state index contributed by atoms with van der Waals surface area (Å²) in [7, 11) is 0. The summed E-state index contributed by atoms with van der Waals surface area (Å²) < 4.78 is 0. The molecule has 1 rings (SSSR count). The van der Waals surface area contributed by atoms with Crippen molar-refractivity contribution in [2.75, 3.05) is 24.6 Å². The van der Waals surface area contributed by atoms with Crippen molar-refractivity contribution in [1.82, 2.24) is 4.90 Å². The summed E-state index contributed by atoms with van der Waals surface area (Å²) in [6.07, 6.45) is 0.605. The van der Waals surface area contributed by atoms with Gasteiger partial charge in [-0.3, -0.25) is 14.9 Å². The highest BCUT2D eigenvalue weighted by Crippen LogP contribution is 2.19. The van der Waals surface area contributed by atoms with Gasteiger partial charge < -0.3 is 4.90 Å². The zero-order valence-corrected chi connectivity index (χ0v) is 12.7. The van der Waals surface area contributed by atoms with Crippen LogP contribution in [0.5, 0.6) is 0 Å². The number of nitrogens with zero attached hydrogens (tertiary/aromatic N) is 2. The molecule has 0 fully saturated rings. The first-order chi connectivity index (χ1) is 9.60. The molecule has 0 atom stereocenters. The topological polar surface area (TPSA) is 63.5 Å². The molecule has 1 amide bonds. The zero-order valence-electron chi connectivity index (χ0n) is 11.9. The van der Waals surface area contributed by atoms with E-state index in [2.05, 4.69) is 0 Å². The summed E-state index contributed by atoms with van der Waals surface area (Å²) >= 11 is 1.52. The Morgan fingerprint density at radius 1 is 1.30 bits per heavy atom. The summed E-state index contributed by atoms with van der Waals surface area (Å²) in [5.74, 6) is 1.27. The maximum absolute atomic E-state index is 11.8. The van der Waals surface area contributed by atoms with Gasteiger partial charge in [0.1, 0.15) is 0 Å². The number of nitro groups is 1. The summed E-state index contributed by atoms with van der Waals surface area (Å²) in [4.78, 5) is 24.1. The van der Waals surface area contributed by atoms with Crippen LogP contribution in [0.1, 0.15) is 19.4 Å².